The molecule has 0 atom stereocenters. The minimum Gasteiger partial charge on any atom is -0.399 e. The predicted molar refractivity (Wildman–Crippen MR) is 90.4 cm³/mol. The number of anilines is 1. The number of halogens is 2. The zero-order valence-corrected chi connectivity index (χ0v) is 14.0. The number of nitrogen functional groups attached to an aromatic ring is 1. The lowest BCUT2D eigenvalue weighted by atomic mass is 10.1. The molecule has 2 N–H and O–H groups in total. The van der Waals surface area contributed by atoms with E-state index in [0.717, 1.165) is 10.0 Å². The molecule has 2 rings (SSSR count). The van der Waals surface area contributed by atoms with Crippen molar-refractivity contribution in [2.24, 2.45) is 0 Å². The van der Waals surface area contributed by atoms with Crippen LogP contribution in [0.1, 0.15) is 22.8 Å². The molecule has 5 heteroatoms. The molecule has 3 nitrogen and oxygen atoms in total. The Bertz CT molecular complexity index is 640. The molecule has 0 unspecified atom stereocenters. The Balaban J connectivity index is 2.24. The highest BCUT2D eigenvalue weighted by Crippen LogP contribution is 2.21. The average Bonchev–Trinajstić information content (AvgIpc) is 2.44. The van der Waals surface area contributed by atoms with Gasteiger partial charge in [-0.2, -0.15) is 0 Å². The van der Waals surface area contributed by atoms with Crippen LogP contribution < -0.4 is 5.73 Å². The molecule has 0 aliphatic rings. The molecule has 0 bridgehead atoms. The Morgan fingerprint density at radius 3 is 2.62 bits per heavy atom. The zero-order valence-electron chi connectivity index (χ0n) is 11.6. The molecule has 21 heavy (non-hydrogen) atoms. The third-order valence-electron chi connectivity index (χ3n) is 3.16. The summed E-state index contributed by atoms with van der Waals surface area (Å²) in [6, 6.07) is 12.8. The minimum absolute atomic E-state index is 0.0644. The van der Waals surface area contributed by atoms with E-state index in [0.29, 0.717) is 29.4 Å². The van der Waals surface area contributed by atoms with Gasteiger partial charge in [0.05, 0.1) is 0 Å². The van der Waals surface area contributed by atoms with Gasteiger partial charge in [-0.15, -0.1) is 0 Å². The van der Waals surface area contributed by atoms with Crippen LogP contribution in [0.25, 0.3) is 0 Å². The van der Waals surface area contributed by atoms with E-state index < -0.39 is 0 Å². The molecule has 0 aliphatic carbocycles. The first-order chi connectivity index (χ1) is 10.0. The summed E-state index contributed by atoms with van der Waals surface area (Å²) in [6.07, 6.45) is 0. The largest absolute Gasteiger partial charge is 0.399 e. The van der Waals surface area contributed by atoms with E-state index in [1.165, 1.54) is 0 Å². The highest BCUT2D eigenvalue weighted by Gasteiger charge is 2.16. The lowest BCUT2D eigenvalue weighted by molar-refractivity contribution is 0.0752. The minimum atomic E-state index is -0.0644. The van der Waals surface area contributed by atoms with Crippen LogP contribution in [0.2, 0.25) is 5.02 Å². The van der Waals surface area contributed by atoms with Crippen LogP contribution in [0.3, 0.4) is 0 Å². The second-order valence-corrected chi connectivity index (χ2v) is 6.01. The molecule has 110 valence electrons. The summed E-state index contributed by atoms with van der Waals surface area (Å²) in [5.74, 6) is -0.0644. The van der Waals surface area contributed by atoms with E-state index in [2.05, 4.69) is 15.9 Å². The third-order valence-corrected chi connectivity index (χ3v) is 3.98. The van der Waals surface area contributed by atoms with Crippen molar-refractivity contribution in [3.8, 4) is 0 Å². The SMILES string of the molecule is CCN(Cc1ccccc1Cl)C(=O)c1cc(N)cc(Br)c1. The molecule has 0 spiro atoms. The van der Waals surface area contributed by atoms with E-state index in [9.17, 15) is 4.79 Å². The lowest BCUT2D eigenvalue weighted by Crippen LogP contribution is -2.30. The fourth-order valence-corrected chi connectivity index (χ4v) is 2.78. The number of nitrogens with two attached hydrogens (primary N) is 1. The second kappa shape index (κ2) is 6.96. The van der Waals surface area contributed by atoms with Gasteiger partial charge in [-0.05, 0) is 36.8 Å². The summed E-state index contributed by atoms with van der Waals surface area (Å²) in [6.45, 7) is 3.01. The van der Waals surface area contributed by atoms with Crippen LogP contribution >= 0.6 is 27.5 Å². The average molecular weight is 368 g/mol. The quantitative estimate of drug-likeness (QED) is 0.817. The maximum absolute atomic E-state index is 12.6. The van der Waals surface area contributed by atoms with Crippen molar-refractivity contribution >= 4 is 39.1 Å². The van der Waals surface area contributed by atoms with Gasteiger partial charge in [0.1, 0.15) is 0 Å². The number of rotatable bonds is 4. The topological polar surface area (TPSA) is 46.3 Å². The van der Waals surface area contributed by atoms with Crippen molar-refractivity contribution < 1.29 is 4.79 Å². The van der Waals surface area contributed by atoms with Gasteiger partial charge in [-0.25, -0.2) is 0 Å². The first-order valence-electron chi connectivity index (χ1n) is 6.60. The smallest absolute Gasteiger partial charge is 0.254 e. The fraction of sp³-hybridized carbons (Fsp3) is 0.188. The van der Waals surface area contributed by atoms with Gasteiger partial charge in [-0.1, -0.05) is 45.7 Å². The maximum atomic E-state index is 12.6. The summed E-state index contributed by atoms with van der Waals surface area (Å²) in [7, 11) is 0. The number of hydrogen-bond acceptors (Lipinski definition) is 2. The van der Waals surface area contributed by atoms with Crippen LogP contribution in [0.4, 0.5) is 5.69 Å². The first kappa shape index (κ1) is 15.9. The molecule has 0 aliphatic heterocycles. The highest BCUT2D eigenvalue weighted by molar-refractivity contribution is 9.10. The van der Waals surface area contributed by atoms with E-state index in [1.54, 1.807) is 23.1 Å². The second-order valence-electron chi connectivity index (χ2n) is 4.68. The molecule has 2 aromatic rings. The van der Waals surface area contributed by atoms with Gasteiger partial charge in [0.2, 0.25) is 0 Å². The Kier molecular flexibility index (Phi) is 5.26. The van der Waals surface area contributed by atoms with Crippen molar-refractivity contribution in [3.05, 3.63) is 63.1 Å². The lowest BCUT2D eigenvalue weighted by Gasteiger charge is -2.22. The van der Waals surface area contributed by atoms with Gasteiger partial charge in [0, 0.05) is 33.8 Å². The fourth-order valence-electron chi connectivity index (χ4n) is 2.08. The molecule has 0 aromatic heterocycles. The molecule has 0 radical (unpaired) electrons. The summed E-state index contributed by atoms with van der Waals surface area (Å²) in [4.78, 5) is 14.3. The number of carbonyl (C=O) groups excluding carboxylic acids is 1. The third kappa shape index (κ3) is 3.99. The van der Waals surface area contributed by atoms with Crippen molar-refractivity contribution in [1.82, 2.24) is 4.90 Å². The summed E-state index contributed by atoms with van der Waals surface area (Å²) >= 11 is 9.52. The van der Waals surface area contributed by atoms with Crippen LogP contribution in [-0.4, -0.2) is 17.4 Å². The number of benzene rings is 2. The van der Waals surface area contributed by atoms with Crippen molar-refractivity contribution in [2.75, 3.05) is 12.3 Å². The Morgan fingerprint density at radius 2 is 2.00 bits per heavy atom. The normalized spacial score (nSPS) is 10.4. The number of amides is 1. The highest BCUT2D eigenvalue weighted by atomic mass is 79.9. The maximum Gasteiger partial charge on any atom is 0.254 e. The first-order valence-corrected chi connectivity index (χ1v) is 7.77. The molecule has 2 aromatic carbocycles. The van der Waals surface area contributed by atoms with Crippen LogP contribution in [-0.2, 0) is 6.54 Å². The van der Waals surface area contributed by atoms with E-state index in [4.69, 9.17) is 17.3 Å². The Labute approximate surface area is 137 Å². The summed E-state index contributed by atoms with van der Waals surface area (Å²) in [5.41, 5.74) is 7.84. The van der Waals surface area contributed by atoms with Crippen molar-refractivity contribution in [1.29, 1.82) is 0 Å². The predicted octanol–water partition coefficient (Wildman–Crippen LogP) is 4.35. The van der Waals surface area contributed by atoms with E-state index in [1.807, 2.05) is 31.2 Å². The van der Waals surface area contributed by atoms with Gasteiger partial charge in [0.25, 0.3) is 5.91 Å². The zero-order chi connectivity index (χ0) is 15.4. The molecule has 1 amide bonds. The standard InChI is InChI=1S/C16H16BrClN2O/c1-2-20(10-11-5-3-4-6-15(11)18)16(21)12-7-13(17)9-14(19)8-12/h3-9H,2,10,19H2,1H3. The Hall–Kier alpha value is -1.52. The van der Waals surface area contributed by atoms with Crippen LogP contribution in [0, 0.1) is 0 Å². The van der Waals surface area contributed by atoms with Crippen molar-refractivity contribution in [2.45, 2.75) is 13.5 Å². The van der Waals surface area contributed by atoms with Gasteiger partial charge in [-0.3, -0.25) is 4.79 Å². The van der Waals surface area contributed by atoms with Gasteiger partial charge >= 0.3 is 0 Å². The molecular formula is C16H16BrClN2O. The number of hydrogen-bond donors (Lipinski definition) is 1. The monoisotopic (exact) mass is 366 g/mol. The van der Waals surface area contributed by atoms with Crippen molar-refractivity contribution in [3.63, 3.8) is 0 Å². The Morgan fingerprint density at radius 1 is 1.29 bits per heavy atom. The van der Waals surface area contributed by atoms with Crippen LogP contribution in [0.5, 0.6) is 0 Å². The number of nitrogens with zero attached hydrogens (tertiary/aromatic N) is 1. The molecule has 0 saturated heterocycles. The van der Waals surface area contributed by atoms with Gasteiger partial charge < -0.3 is 10.6 Å². The van der Waals surface area contributed by atoms with E-state index >= 15 is 0 Å². The molecule has 0 fully saturated rings. The van der Waals surface area contributed by atoms with Gasteiger partial charge in [0.15, 0.2) is 0 Å². The van der Waals surface area contributed by atoms with Crippen LogP contribution in [0.15, 0.2) is 46.9 Å². The molecule has 0 saturated carbocycles. The summed E-state index contributed by atoms with van der Waals surface area (Å²) < 4.78 is 0.791. The molecule has 0 heterocycles. The number of carbonyl (C=O) groups is 1. The summed E-state index contributed by atoms with van der Waals surface area (Å²) in [5, 5.41) is 0.664. The van der Waals surface area contributed by atoms with E-state index in [-0.39, 0.29) is 5.91 Å². The molecular weight excluding hydrogens is 352 g/mol.